The maximum atomic E-state index is 14.5. The summed E-state index contributed by atoms with van der Waals surface area (Å²) < 4.78 is 45.3. The summed E-state index contributed by atoms with van der Waals surface area (Å²) in [6.07, 6.45) is 8.18. The number of nitrogens with zero attached hydrogens (tertiary/aromatic N) is 3. The van der Waals surface area contributed by atoms with Gasteiger partial charge in [0.05, 0.1) is 36.4 Å². The van der Waals surface area contributed by atoms with Gasteiger partial charge in [-0.1, -0.05) is 31.9 Å². The minimum absolute atomic E-state index is 0.0152. The monoisotopic (exact) mass is 753 g/mol. The van der Waals surface area contributed by atoms with Crippen molar-refractivity contribution >= 4 is 44.7 Å². The number of carbonyl (C=O) groups is 4. The molecule has 2 aliphatic carbocycles. The zero-order valence-electron chi connectivity index (χ0n) is 31.2. The smallest absolute Gasteiger partial charge is 0.307 e. The molecule has 0 spiro atoms. The molecule has 2 aromatic rings. The lowest BCUT2D eigenvalue weighted by atomic mass is 9.95. The third-order valence-corrected chi connectivity index (χ3v) is 12.1. The molecule has 0 radical (unpaired) electrons. The van der Waals surface area contributed by atoms with Crippen molar-refractivity contribution in [2.24, 2.45) is 11.8 Å². The fraction of sp³-hybridized carbons (Fsp3) is 0.632. The third kappa shape index (κ3) is 8.93. The molecule has 14 nitrogen and oxygen atoms in total. The van der Waals surface area contributed by atoms with Gasteiger partial charge in [-0.25, -0.2) is 18.4 Å². The molecule has 1 aromatic carbocycles. The van der Waals surface area contributed by atoms with Crippen molar-refractivity contribution in [1.82, 2.24) is 24.9 Å². The Bertz CT molecular complexity index is 1890. The first-order valence-electron chi connectivity index (χ1n) is 18.7. The summed E-state index contributed by atoms with van der Waals surface area (Å²) in [6.45, 7) is 7.24. The van der Waals surface area contributed by atoms with Crippen LogP contribution >= 0.6 is 0 Å². The number of aromatic nitrogens is 2. The fourth-order valence-electron chi connectivity index (χ4n) is 7.23. The van der Waals surface area contributed by atoms with Gasteiger partial charge < -0.3 is 24.4 Å². The second-order valence-electron chi connectivity index (χ2n) is 15.7. The van der Waals surface area contributed by atoms with Crippen LogP contribution in [0.3, 0.4) is 0 Å². The normalized spacial score (nSPS) is 27.4. The molecule has 15 heteroatoms. The molecule has 2 saturated carbocycles. The minimum atomic E-state index is -3.88. The van der Waals surface area contributed by atoms with Crippen LogP contribution < -0.4 is 19.5 Å². The Morgan fingerprint density at radius 2 is 1.85 bits per heavy atom. The van der Waals surface area contributed by atoms with Crippen LogP contribution in [0, 0.1) is 11.8 Å². The van der Waals surface area contributed by atoms with Gasteiger partial charge in [-0.05, 0) is 77.8 Å². The van der Waals surface area contributed by atoms with Crippen molar-refractivity contribution in [3.8, 4) is 11.6 Å². The average molecular weight is 754 g/mol. The van der Waals surface area contributed by atoms with Gasteiger partial charge in [-0.2, -0.15) is 0 Å². The number of sulfonamides is 1. The maximum Gasteiger partial charge on any atom is 0.307 e. The van der Waals surface area contributed by atoms with E-state index in [-0.39, 0.29) is 37.6 Å². The lowest BCUT2D eigenvalue weighted by Crippen LogP contribution is -2.57. The van der Waals surface area contributed by atoms with E-state index in [1.807, 2.05) is 25.1 Å². The summed E-state index contributed by atoms with van der Waals surface area (Å²) in [5.74, 6) is -2.58. The molecular weight excluding hydrogens is 703 g/mol. The molecule has 0 unspecified atom stereocenters. The summed E-state index contributed by atoms with van der Waals surface area (Å²) >= 11 is 0. The van der Waals surface area contributed by atoms with Crippen molar-refractivity contribution in [3.63, 3.8) is 0 Å². The summed E-state index contributed by atoms with van der Waals surface area (Å²) in [4.78, 5) is 66.6. The van der Waals surface area contributed by atoms with Crippen LogP contribution in [0.4, 0.5) is 0 Å². The highest BCUT2D eigenvalue weighted by molar-refractivity contribution is 7.91. The molecule has 1 saturated heterocycles. The fourth-order valence-corrected chi connectivity index (χ4v) is 8.59. The number of esters is 1. The predicted molar refractivity (Wildman–Crippen MR) is 195 cm³/mol. The third-order valence-electron chi connectivity index (χ3n) is 10.3. The van der Waals surface area contributed by atoms with E-state index < -0.39 is 68.2 Å². The maximum absolute atomic E-state index is 14.5. The van der Waals surface area contributed by atoms with E-state index in [1.54, 1.807) is 40.0 Å². The average Bonchev–Trinajstić information content (AvgIpc) is 4.02. The Labute approximate surface area is 310 Å². The van der Waals surface area contributed by atoms with E-state index >= 15 is 0 Å². The minimum Gasteiger partial charge on any atom is -0.497 e. The van der Waals surface area contributed by atoms with Gasteiger partial charge in [0.1, 0.15) is 34.7 Å². The molecule has 5 atom stereocenters. The van der Waals surface area contributed by atoms with E-state index in [4.69, 9.17) is 24.2 Å². The number of benzene rings is 1. The second-order valence-corrected chi connectivity index (χ2v) is 17.6. The van der Waals surface area contributed by atoms with Gasteiger partial charge in [0.25, 0.3) is 5.91 Å². The molecule has 3 fully saturated rings. The quantitative estimate of drug-likeness (QED) is 0.280. The van der Waals surface area contributed by atoms with E-state index in [0.29, 0.717) is 61.0 Å². The van der Waals surface area contributed by atoms with Crippen molar-refractivity contribution in [3.05, 3.63) is 36.0 Å². The second kappa shape index (κ2) is 15.2. The Hall–Kier alpha value is -4.27. The van der Waals surface area contributed by atoms with Crippen molar-refractivity contribution in [1.29, 1.82) is 0 Å². The molecule has 1 aromatic heterocycles. The largest absolute Gasteiger partial charge is 0.497 e. The molecule has 0 bridgehead atoms. The topological polar surface area (TPSA) is 183 Å². The molecule has 6 rings (SSSR count). The van der Waals surface area contributed by atoms with Crippen LogP contribution in [0.25, 0.3) is 11.0 Å². The SMILES string of the molecule is CCc1nc2ccc(OC)cc2nc1O[C@@H]1C[C@H]2C(=O)N[C@]3(C(=O)NS(=O)(=O)C4CC4)C[C@H]3/C=C\CCCCC[C@H](CC(=O)OC(C)(C)C)C(=O)N2C1. The number of hydrogen-bond acceptors (Lipinski definition) is 11. The number of ether oxygens (including phenoxy) is 3. The Balaban J connectivity index is 1.32. The zero-order valence-corrected chi connectivity index (χ0v) is 32.0. The summed E-state index contributed by atoms with van der Waals surface area (Å²) in [6, 6.07) is 4.28. The van der Waals surface area contributed by atoms with Gasteiger partial charge in [0.2, 0.25) is 27.7 Å². The Morgan fingerprint density at radius 1 is 1.08 bits per heavy atom. The van der Waals surface area contributed by atoms with Gasteiger partial charge in [0, 0.05) is 24.3 Å². The standard InChI is InChI=1S/C38H51N5O9S/c1-6-28-34(40-30-19-25(50-5)14-17-29(30)39-28)51-26-20-31-33(45)41-38(36(47)42-53(48,49)27-15-16-27)21-24(38)13-11-9-7-8-10-12-23(35(46)43(31)22-26)18-32(44)52-37(2,3)4/h11,13-14,17,19,23-24,26-27,31H,6-10,12,15-16,18,20-22H2,1-5H3,(H,41,45)(H,42,47)/b13-11-/t23-,24-,26-,31+,38-/m1/s1. The molecule has 4 aliphatic rings. The van der Waals surface area contributed by atoms with E-state index in [9.17, 15) is 27.6 Å². The zero-order chi connectivity index (χ0) is 38.1. The summed E-state index contributed by atoms with van der Waals surface area (Å²) in [5, 5.41) is 2.27. The van der Waals surface area contributed by atoms with Crippen LogP contribution in [0.1, 0.15) is 97.6 Å². The van der Waals surface area contributed by atoms with Crippen molar-refractivity contribution < 1.29 is 41.8 Å². The molecule has 3 amide bonds. The van der Waals surface area contributed by atoms with Crippen molar-refractivity contribution in [2.45, 2.75) is 127 Å². The number of aryl methyl sites for hydroxylation is 1. The molecule has 3 heterocycles. The highest BCUT2D eigenvalue weighted by atomic mass is 32.2. The number of amides is 3. The lowest BCUT2D eigenvalue weighted by molar-refractivity contribution is -0.159. The van der Waals surface area contributed by atoms with Crippen LogP contribution in [-0.2, 0) is 40.4 Å². The highest BCUT2D eigenvalue weighted by Crippen LogP contribution is 2.46. The van der Waals surface area contributed by atoms with Gasteiger partial charge in [-0.15, -0.1) is 0 Å². The number of carbonyl (C=O) groups excluding carboxylic acids is 4. The van der Waals surface area contributed by atoms with Gasteiger partial charge >= 0.3 is 5.97 Å². The number of rotatable bonds is 9. The van der Waals surface area contributed by atoms with E-state index in [2.05, 4.69) is 10.0 Å². The number of fused-ring (bicyclic) bond motifs is 3. The van der Waals surface area contributed by atoms with E-state index in [1.165, 1.54) is 4.90 Å². The van der Waals surface area contributed by atoms with Crippen LogP contribution in [0.2, 0.25) is 0 Å². The highest BCUT2D eigenvalue weighted by Gasteiger charge is 2.62. The first kappa shape index (κ1) is 38.5. The summed E-state index contributed by atoms with van der Waals surface area (Å²) in [7, 11) is -2.32. The molecule has 288 valence electrons. The Kier molecular flexibility index (Phi) is 11.0. The molecular formula is C38H51N5O9S. The lowest BCUT2D eigenvalue weighted by Gasteiger charge is -2.30. The predicted octanol–water partition coefficient (Wildman–Crippen LogP) is 3.90. The molecule has 53 heavy (non-hydrogen) atoms. The number of methoxy groups -OCH3 is 1. The van der Waals surface area contributed by atoms with Crippen molar-refractivity contribution in [2.75, 3.05) is 13.7 Å². The van der Waals surface area contributed by atoms with Crippen LogP contribution in [0.15, 0.2) is 30.4 Å². The number of allylic oxidation sites excluding steroid dienone is 1. The molecule has 2 aliphatic heterocycles. The van der Waals surface area contributed by atoms with E-state index in [0.717, 1.165) is 12.8 Å². The molecule has 2 N–H and O–H groups in total. The van der Waals surface area contributed by atoms with Gasteiger partial charge in [0.15, 0.2) is 0 Å². The number of hydrogen-bond donors (Lipinski definition) is 2. The number of nitrogens with one attached hydrogen (secondary N) is 2. The van der Waals surface area contributed by atoms with Gasteiger partial charge in [-0.3, -0.25) is 23.9 Å². The first-order valence-corrected chi connectivity index (χ1v) is 20.3. The Morgan fingerprint density at radius 3 is 2.55 bits per heavy atom. The van der Waals surface area contributed by atoms with Crippen LogP contribution in [-0.4, -0.2) is 89.2 Å². The summed E-state index contributed by atoms with van der Waals surface area (Å²) in [5.41, 5.74) is -0.416. The first-order chi connectivity index (χ1) is 25.1. The van der Waals surface area contributed by atoms with Crippen LogP contribution in [0.5, 0.6) is 11.6 Å².